The Hall–Kier alpha value is -1.30. The van der Waals surface area contributed by atoms with Gasteiger partial charge in [0.05, 0.1) is 18.8 Å². The average Bonchev–Trinajstić information content (AvgIpc) is 2.51. The van der Waals surface area contributed by atoms with Gasteiger partial charge in [-0.15, -0.1) is 0 Å². The molecule has 0 spiro atoms. The zero-order valence-corrected chi connectivity index (χ0v) is 14.5. The Bertz CT molecular complexity index is 461. The quantitative estimate of drug-likeness (QED) is 0.437. The molecule has 1 aromatic carbocycles. The lowest BCUT2D eigenvalue weighted by Gasteiger charge is -2.24. The van der Waals surface area contributed by atoms with Gasteiger partial charge in [-0.05, 0) is 31.5 Å². The van der Waals surface area contributed by atoms with Gasteiger partial charge >= 0.3 is 0 Å². The van der Waals surface area contributed by atoms with Crippen molar-refractivity contribution in [1.29, 1.82) is 0 Å². The fourth-order valence-corrected chi connectivity index (χ4v) is 1.73. The van der Waals surface area contributed by atoms with Gasteiger partial charge in [0.25, 0.3) is 0 Å². The lowest BCUT2D eigenvalue weighted by atomic mass is 10.1. The molecule has 2 N–H and O–H groups in total. The normalized spacial score (nSPS) is 12.3. The monoisotopic (exact) mass is 327 g/mol. The smallest absolute Gasteiger partial charge is 0.191 e. The maximum Gasteiger partial charge on any atom is 0.191 e. The van der Waals surface area contributed by atoms with E-state index in [9.17, 15) is 0 Å². The molecule has 0 unspecified atom stereocenters. The van der Waals surface area contributed by atoms with Crippen LogP contribution < -0.4 is 10.6 Å². The number of guanidine groups is 1. The minimum atomic E-state index is -0.233. The summed E-state index contributed by atoms with van der Waals surface area (Å²) in [5, 5.41) is 7.15. The van der Waals surface area contributed by atoms with E-state index < -0.39 is 0 Å². The zero-order chi connectivity index (χ0) is 16.4. The van der Waals surface area contributed by atoms with Crippen LogP contribution in [0.25, 0.3) is 0 Å². The summed E-state index contributed by atoms with van der Waals surface area (Å²) in [4.78, 5) is 4.16. The molecule has 0 heterocycles. The number of halogens is 1. The minimum Gasteiger partial charge on any atom is -0.377 e. The molecule has 0 aliphatic carbocycles. The Morgan fingerprint density at radius 1 is 1.23 bits per heavy atom. The molecule has 5 nitrogen and oxygen atoms in total. The number of benzene rings is 1. The van der Waals surface area contributed by atoms with Gasteiger partial charge in [-0.3, -0.25) is 4.99 Å². The summed E-state index contributed by atoms with van der Waals surface area (Å²) >= 11 is 5.84. The Morgan fingerprint density at radius 3 is 2.50 bits per heavy atom. The fraction of sp³-hybridized carbons (Fsp3) is 0.562. The van der Waals surface area contributed by atoms with Crippen molar-refractivity contribution >= 4 is 17.6 Å². The van der Waals surface area contributed by atoms with E-state index in [4.69, 9.17) is 21.1 Å². The highest BCUT2D eigenvalue weighted by molar-refractivity contribution is 6.30. The molecule has 22 heavy (non-hydrogen) atoms. The van der Waals surface area contributed by atoms with E-state index in [1.807, 2.05) is 38.1 Å². The van der Waals surface area contributed by atoms with Crippen LogP contribution in [-0.4, -0.2) is 45.4 Å². The van der Waals surface area contributed by atoms with Gasteiger partial charge in [0, 0.05) is 32.3 Å². The van der Waals surface area contributed by atoms with Crippen molar-refractivity contribution in [2.75, 3.05) is 33.9 Å². The maximum atomic E-state index is 5.84. The number of nitrogens with one attached hydrogen (secondary N) is 2. The number of ether oxygens (including phenoxy) is 2. The Balaban J connectivity index is 2.18. The first-order valence-corrected chi connectivity index (χ1v) is 7.66. The summed E-state index contributed by atoms with van der Waals surface area (Å²) in [6.07, 6.45) is 0. The average molecular weight is 328 g/mol. The number of nitrogens with zero attached hydrogens (tertiary/aromatic N) is 1. The first kappa shape index (κ1) is 18.7. The summed E-state index contributed by atoms with van der Waals surface area (Å²) < 4.78 is 11.0. The number of methoxy groups -OCH3 is 1. The standard InChI is InChI=1S/C16H26ClN3O2/c1-16(2,21-4)12-20-15(18-3)19-9-10-22-11-13-5-7-14(17)8-6-13/h5-8H,9-12H2,1-4H3,(H2,18,19,20). The summed E-state index contributed by atoms with van der Waals surface area (Å²) in [5.41, 5.74) is 0.872. The van der Waals surface area contributed by atoms with E-state index in [1.54, 1.807) is 14.2 Å². The van der Waals surface area contributed by atoms with E-state index in [1.165, 1.54) is 0 Å². The maximum absolute atomic E-state index is 5.84. The lowest BCUT2D eigenvalue weighted by molar-refractivity contribution is 0.0268. The van der Waals surface area contributed by atoms with E-state index in [2.05, 4.69) is 15.6 Å². The van der Waals surface area contributed by atoms with Crippen LogP contribution in [0.2, 0.25) is 5.02 Å². The molecular weight excluding hydrogens is 302 g/mol. The van der Waals surface area contributed by atoms with Crippen LogP contribution in [-0.2, 0) is 16.1 Å². The van der Waals surface area contributed by atoms with Crippen LogP contribution in [0.3, 0.4) is 0 Å². The molecule has 0 aliphatic heterocycles. The van der Waals surface area contributed by atoms with Crippen molar-refractivity contribution in [1.82, 2.24) is 10.6 Å². The second-order valence-corrected chi connectivity index (χ2v) is 5.93. The van der Waals surface area contributed by atoms with Crippen molar-refractivity contribution in [2.45, 2.75) is 26.1 Å². The van der Waals surface area contributed by atoms with Crippen LogP contribution in [0.5, 0.6) is 0 Å². The van der Waals surface area contributed by atoms with Gasteiger partial charge < -0.3 is 20.1 Å². The molecule has 0 saturated heterocycles. The molecule has 0 atom stereocenters. The first-order valence-electron chi connectivity index (χ1n) is 7.29. The van der Waals surface area contributed by atoms with Gasteiger partial charge in [0.1, 0.15) is 0 Å². The van der Waals surface area contributed by atoms with Crippen molar-refractivity contribution in [3.05, 3.63) is 34.9 Å². The summed E-state index contributed by atoms with van der Waals surface area (Å²) in [7, 11) is 3.44. The molecule has 0 bridgehead atoms. The van der Waals surface area contributed by atoms with Gasteiger partial charge in [0.15, 0.2) is 5.96 Å². The molecular formula is C16H26ClN3O2. The van der Waals surface area contributed by atoms with Gasteiger partial charge in [-0.25, -0.2) is 0 Å². The number of aliphatic imine (C=N–C) groups is 1. The molecule has 1 rings (SSSR count). The Kier molecular flexibility index (Phi) is 8.24. The molecule has 0 aromatic heterocycles. The summed E-state index contributed by atoms with van der Waals surface area (Å²) in [6.45, 7) is 6.55. The van der Waals surface area contributed by atoms with E-state index >= 15 is 0 Å². The van der Waals surface area contributed by atoms with Gasteiger partial charge in [0.2, 0.25) is 0 Å². The minimum absolute atomic E-state index is 0.233. The van der Waals surface area contributed by atoms with E-state index in [-0.39, 0.29) is 5.60 Å². The van der Waals surface area contributed by atoms with Crippen LogP contribution in [0.1, 0.15) is 19.4 Å². The van der Waals surface area contributed by atoms with Crippen molar-refractivity contribution in [3.63, 3.8) is 0 Å². The summed E-state index contributed by atoms with van der Waals surface area (Å²) in [6, 6.07) is 7.65. The van der Waals surface area contributed by atoms with Crippen LogP contribution in [0.4, 0.5) is 0 Å². The molecule has 6 heteroatoms. The molecule has 0 radical (unpaired) electrons. The van der Waals surface area contributed by atoms with Crippen molar-refractivity contribution in [3.8, 4) is 0 Å². The number of rotatable bonds is 8. The van der Waals surface area contributed by atoms with Crippen LogP contribution in [0.15, 0.2) is 29.3 Å². The number of hydrogen-bond donors (Lipinski definition) is 2. The topological polar surface area (TPSA) is 54.9 Å². The molecule has 0 aliphatic rings. The highest BCUT2D eigenvalue weighted by Crippen LogP contribution is 2.10. The molecule has 0 amide bonds. The molecule has 0 fully saturated rings. The highest BCUT2D eigenvalue weighted by atomic mass is 35.5. The largest absolute Gasteiger partial charge is 0.377 e. The van der Waals surface area contributed by atoms with E-state index in [0.717, 1.165) is 16.5 Å². The van der Waals surface area contributed by atoms with E-state index in [0.29, 0.717) is 26.3 Å². The highest BCUT2D eigenvalue weighted by Gasteiger charge is 2.16. The molecule has 124 valence electrons. The Labute approximate surface area is 138 Å². The summed E-state index contributed by atoms with van der Waals surface area (Å²) in [5.74, 6) is 0.736. The Morgan fingerprint density at radius 2 is 1.91 bits per heavy atom. The van der Waals surface area contributed by atoms with Gasteiger partial charge in [-0.1, -0.05) is 23.7 Å². The second kappa shape index (κ2) is 9.66. The predicted molar refractivity (Wildman–Crippen MR) is 91.6 cm³/mol. The second-order valence-electron chi connectivity index (χ2n) is 5.50. The third-order valence-electron chi connectivity index (χ3n) is 3.18. The predicted octanol–water partition coefficient (Wildman–Crippen LogP) is 2.45. The third-order valence-corrected chi connectivity index (χ3v) is 3.43. The zero-order valence-electron chi connectivity index (χ0n) is 13.8. The van der Waals surface area contributed by atoms with Crippen LogP contribution in [0, 0.1) is 0 Å². The lowest BCUT2D eigenvalue weighted by Crippen LogP contribution is -2.46. The first-order chi connectivity index (χ1) is 10.5. The fourth-order valence-electron chi connectivity index (χ4n) is 1.60. The molecule has 0 saturated carbocycles. The van der Waals surface area contributed by atoms with Gasteiger partial charge in [-0.2, -0.15) is 0 Å². The van der Waals surface area contributed by atoms with Crippen molar-refractivity contribution in [2.24, 2.45) is 4.99 Å². The third kappa shape index (κ3) is 7.64. The van der Waals surface area contributed by atoms with Crippen LogP contribution >= 0.6 is 11.6 Å². The number of hydrogen-bond acceptors (Lipinski definition) is 3. The SMILES string of the molecule is CN=C(NCCOCc1ccc(Cl)cc1)NCC(C)(C)OC. The van der Waals surface area contributed by atoms with Crippen molar-refractivity contribution < 1.29 is 9.47 Å². The molecule has 1 aromatic rings.